The van der Waals surface area contributed by atoms with Gasteiger partial charge in [0.2, 0.25) is 5.91 Å². The smallest absolute Gasteiger partial charge is 0.331 e. The molecule has 0 saturated carbocycles. The molecule has 1 fully saturated rings. The summed E-state index contributed by atoms with van der Waals surface area (Å²) in [5.74, 6) is -0.154. The SMILES string of the molecule is O=C(Cn1c(=O)ccn(Cc2ccccc2)c1=O)N1CCCCCC1. The summed E-state index contributed by atoms with van der Waals surface area (Å²) in [6.07, 6.45) is 5.70. The first-order valence-electron chi connectivity index (χ1n) is 8.77. The van der Waals surface area contributed by atoms with Crippen molar-refractivity contribution in [1.82, 2.24) is 14.0 Å². The standard InChI is InChI=1S/C19H23N3O3/c23-17-10-13-21(14-16-8-4-3-5-9-16)19(25)22(17)15-18(24)20-11-6-1-2-7-12-20/h3-5,8-10,13H,1-2,6-7,11-12,14-15H2. The highest BCUT2D eigenvalue weighted by molar-refractivity contribution is 5.76. The average Bonchev–Trinajstić information content (AvgIpc) is 2.91. The van der Waals surface area contributed by atoms with Crippen LogP contribution < -0.4 is 11.2 Å². The maximum absolute atomic E-state index is 12.6. The number of likely N-dealkylation sites (tertiary alicyclic amines) is 1. The van der Waals surface area contributed by atoms with Gasteiger partial charge in [-0.05, 0) is 18.4 Å². The molecule has 6 nitrogen and oxygen atoms in total. The van der Waals surface area contributed by atoms with Crippen LogP contribution in [0.5, 0.6) is 0 Å². The van der Waals surface area contributed by atoms with Gasteiger partial charge in [0.1, 0.15) is 6.54 Å². The Morgan fingerprint density at radius 3 is 2.28 bits per heavy atom. The third kappa shape index (κ3) is 4.26. The maximum atomic E-state index is 12.6. The Labute approximate surface area is 146 Å². The van der Waals surface area contributed by atoms with Crippen LogP contribution in [-0.4, -0.2) is 33.0 Å². The fourth-order valence-corrected chi connectivity index (χ4v) is 3.16. The molecule has 1 aliphatic rings. The number of rotatable bonds is 4. The van der Waals surface area contributed by atoms with Crippen molar-refractivity contribution in [3.8, 4) is 0 Å². The molecule has 0 bridgehead atoms. The number of nitrogens with zero attached hydrogens (tertiary/aromatic N) is 3. The highest BCUT2D eigenvalue weighted by Crippen LogP contribution is 2.09. The van der Waals surface area contributed by atoms with Gasteiger partial charge in [-0.3, -0.25) is 18.7 Å². The lowest BCUT2D eigenvalue weighted by Gasteiger charge is -2.20. The highest BCUT2D eigenvalue weighted by atomic mass is 16.2. The van der Waals surface area contributed by atoms with Crippen molar-refractivity contribution in [2.24, 2.45) is 0 Å². The second-order valence-corrected chi connectivity index (χ2v) is 6.43. The van der Waals surface area contributed by atoms with Crippen molar-refractivity contribution < 1.29 is 4.79 Å². The minimum Gasteiger partial charge on any atom is -0.341 e. The monoisotopic (exact) mass is 341 g/mol. The fraction of sp³-hybridized carbons (Fsp3) is 0.421. The van der Waals surface area contributed by atoms with Crippen molar-refractivity contribution >= 4 is 5.91 Å². The molecule has 6 heteroatoms. The van der Waals surface area contributed by atoms with E-state index in [0.29, 0.717) is 19.6 Å². The van der Waals surface area contributed by atoms with E-state index in [0.717, 1.165) is 35.8 Å². The van der Waals surface area contributed by atoms with Gasteiger partial charge in [0.05, 0.1) is 6.54 Å². The van der Waals surface area contributed by atoms with Crippen LogP contribution in [0, 0.1) is 0 Å². The first kappa shape index (κ1) is 17.2. The van der Waals surface area contributed by atoms with Gasteiger partial charge in [-0.25, -0.2) is 4.79 Å². The van der Waals surface area contributed by atoms with E-state index in [9.17, 15) is 14.4 Å². The predicted octanol–water partition coefficient (Wildman–Crippen LogP) is 1.46. The molecule has 132 valence electrons. The van der Waals surface area contributed by atoms with Gasteiger partial charge in [0, 0.05) is 25.4 Å². The second-order valence-electron chi connectivity index (χ2n) is 6.43. The van der Waals surface area contributed by atoms with Gasteiger partial charge in [-0.2, -0.15) is 0 Å². The topological polar surface area (TPSA) is 64.3 Å². The Hall–Kier alpha value is -2.63. The lowest BCUT2D eigenvalue weighted by atomic mass is 10.2. The van der Waals surface area contributed by atoms with Crippen molar-refractivity contribution in [1.29, 1.82) is 0 Å². The van der Waals surface area contributed by atoms with Gasteiger partial charge >= 0.3 is 5.69 Å². The molecule has 2 aromatic rings. The van der Waals surface area contributed by atoms with E-state index in [1.165, 1.54) is 16.8 Å². The third-order valence-electron chi connectivity index (χ3n) is 4.59. The number of carbonyl (C=O) groups excluding carboxylic acids is 1. The van der Waals surface area contributed by atoms with Gasteiger partial charge in [0.15, 0.2) is 0 Å². The van der Waals surface area contributed by atoms with Gasteiger partial charge in [-0.1, -0.05) is 43.2 Å². The number of hydrogen-bond acceptors (Lipinski definition) is 3. The van der Waals surface area contributed by atoms with Crippen LogP contribution in [0.25, 0.3) is 0 Å². The van der Waals surface area contributed by atoms with Crippen LogP contribution in [0.1, 0.15) is 31.2 Å². The molecule has 1 saturated heterocycles. The molecule has 0 N–H and O–H groups in total. The molecule has 3 rings (SSSR count). The van der Waals surface area contributed by atoms with Crippen molar-refractivity contribution in [2.75, 3.05) is 13.1 Å². The van der Waals surface area contributed by atoms with E-state index in [-0.39, 0.29) is 12.5 Å². The molecule has 1 aromatic carbocycles. The summed E-state index contributed by atoms with van der Waals surface area (Å²) >= 11 is 0. The molecule has 0 radical (unpaired) electrons. The molecule has 1 amide bonds. The van der Waals surface area contributed by atoms with Crippen molar-refractivity contribution in [3.63, 3.8) is 0 Å². The van der Waals surface area contributed by atoms with E-state index in [4.69, 9.17) is 0 Å². The van der Waals surface area contributed by atoms with E-state index in [1.807, 2.05) is 30.3 Å². The Kier molecular flexibility index (Phi) is 5.48. The summed E-state index contributed by atoms with van der Waals surface area (Å²) in [6.45, 7) is 1.60. The summed E-state index contributed by atoms with van der Waals surface area (Å²) in [5.41, 5.74) is 0.0886. The quantitative estimate of drug-likeness (QED) is 0.846. The molecule has 0 atom stereocenters. The van der Waals surface area contributed by atoms with E-state index >= 15 is 0 Å². The molecule has 25 heavy (non-hydrogen) atoms. The second kappa shape index (κ2) is 7.96. The third-order valence-corrected chi connectivity index (χ3v) is 4.59. The predicted molar refractivity (Wildman–Crippen MR) is 95.6 cm³/mol. The molecule has 1 aliphatic heterocycles. The maximum Gasteiger partial charge on any atom is 0.331 e. The highest BCUT2D eigenvalue weighted by Gasteiger charge is 2.18. The molecule has 0 aliphatic carbocycles. The van der Waals surface area contributed by atoms with Crippen molar-refractivity contribution in [3.05, 3.63) is 69.0 Å². The Bertz CT molecular complexity index is 831. The van der Waals surface area contributed by atoms with E-state index < -0.39 is 11.2 Å². The first-order valence-corrected chi connectivity index (χ1v) is 8.77. The van der Waals surface area contributed by atoms with Gasteiger partial charge < -0.3 is 4.90 Å². The minimum absolute atomic E-state index is 0.154. The summed E-state index contributed by atoms with van der Waals surface area (Å²) in [6, 6.07) is 10.9. The number of carbonyl (C=O) groups is 1. The molecular formula is C19H23N3O3. The van der Waals surface area contributed by atoms with Crippen LogP contribution in [0.4, 0.5) is 0 Å². The largest absolute Gasteiger partial charge is 0.341 e. The Balaban J connectivity index is 1.81. The average molecular weight is 341 g/mol. The molecule has 1 aromatic heterocycles. The first-order chi connectivity index (χ1) is 12.1. The van der Waals surface area contributed by atoms with E-state index in [1.54, 1.807) is 4.90 Å². The van der Waals surface area contributed by atoms with Crippen LogP contribution in [0.3, 0.4) is 0 Å². The number of benzene rings is 1. The van der Waals surface area contributed by atoms with Gasteiger partial charge in [0.25, 0.3) is 5.56 Å². The summed E-state index contributed by atoms with van der Waals surface area (Å²) in [4.78, 5) is 39.0. The number of amides is 1. The van der Waals surface area contributed by atoms with E-state index in [2.05, 4.69) is 0 Å². The zero-order chi connectivity index (χ0) is 17.6. The van der Waals surface area contributed by atoms with Crippen molar-refractivity contribution in [2.45, 2.75) is 38.8 Å². The Morgan fingerprint density at radius 1 is 0.920 bits per heavy atom. The van der Waals surface area contributed by atoms with Crippen LogP contribution in [-0.2, 0) is 17.9 Å². The van der Waals surface area contributed by atoms with Crippen LogP contribution in [0.2, 0.25) is 0 Å². The molecular weight excluding hydrogens is 318 g/mol. The summed E-state index contributed by atoms with van der Waals surface area (Å²) in [7, 11) is 0. The zero-order valence-corrected chi connectivity index (χ0v) is 14.3. The number of aromatic nitrogens is 2. The zero-order valence-electron chi connectivity index (χ0n) is 14.3. The van der Waals surface area contributed by atoms with Crippen LogP contribution >= 0.6 is 0 Å². The number of hydrogen-bond donors (Lipinski definition) is 0. The molecule has 2 heterocycles. The minimum atomic E-state index is -0.445. The summed E-state index contributed by atoms with van der Waals surface area (Å²) in [5, 5.41) is 0. The Morgan fingerprint density at radius 2 is 1.60 bits per heavy atom. The molecule has 0 spiro atoms. The summed E-state index contributed by atoms with van der Waals surface area (Å²) < 4.78 is 2.50. The fourth-order valence-electron chi connectivity index (χ4n) is 3.16. The lowest BCUT2D eigenvalue weighted by Crippen LogP contribution is -2.44. The lowest BCUT2D eigenvalue weighted by molar-refractivity contribution is -0.131. The molecule has 0 unspecified atom stereocenters. The van der Waals surface area contributed by atoms with Gasteiger partial charge in [-0.15, -0.1) is 0 Å². The normalized spacial score (nSPS) is 15.0. The van der Waals surface area contributed by atoms with Crippen LogP contribution in [0.15, 0.2) is 52.2 Å².